The molecule has 1 amide bonds. The van der Waals surface area contributed by atoms with Gasteiger partial charge in [-0.2, -0.15) is 0 Å². The molecule has 0 saturated heterocycles. The maximum Gasteiger partial charge on any atom is 0.261 e. The molecule has 0 aliphatic rings. The number of para-hydroxylation sites is 1. The average molecular weight is 330 g/mol. The molecule has 0 radical (unpaired) electrons. The number of nitrogens with zero attached hydrogens (tertiary/aromatic N) is 1. The van der Waals surface area contributed by atoms with E-state index in [0.29, 0.717) is 11.3 Å². The van der Waals surface area contributed by atoms with Crippen LogP contribution in [-0.4, -0.2) is 18.2 Å². The highest BCUT2D eigenvalue weighted by molar-refractivity contribution is 6.07. The minimum absolute atomic E-state index is 0.0582. The van der Waals surface area contributed by atoms with Crippen molar-refractivity contribution < 1.29 is 22.8 Å². The van der Waals surface area contributed by atoms with Crippen molar-refractivity contribution >= 4 is 11.6 Å². The quantitative estimate of drug-likeness (QED) is 0.788. The number of halogens is 2. The van der Waals surface area contributed by atoms with Gasteiger partial charge in [-0.25, -0.2) is 8.78 Å². The van der Waals surface area contributed by atoms with Crippen LogP contribution in [0.2, 0.25) is 0 Å². The summed E-state index contributed by atoms with van der Waals surface area (Å²) in [5.74, 6) is -1.65. The van der Waals surface area contributed by atoms with Gasteiger partial charge in [-0.15, -0.1) is 0 Å². The van der Waals surface area contributed by atoms with Crippen molar-refractivity contribution in [1.82, 2.24) is 5.16 Å². The van der Waals surface area contributed by atoms with Gasteiger partial charge in [0.2, 0.25) is 0 Å². The first-order chi connectivity index (χ1) is 11.6. The Hall–Kier alpha value is -3.22. The maximum absolute atomic E-state index is 13.7. The van der Waals surface area contributed by atoms with Gasteiger partial charge < -0.3 is 14.6 Å². The van der Waals surface area contributed by atoms with Crippen LogP contribution in [0.3, 0.4) is 0 Å². The maximum atomic E-state index is 13.7. The largest absolute Gasteiger partial charge is 0.497 e. The first kappa shape index (κ1) is 15.7. The molecular formula is C17H12F2N2O3. The lowest BCUT2D eigenvalue weighted by atomic mass is 10.1. The molecule has 5 nitrogen and oxygen atoms in total. The van der Waals surface area contributed by atoms with Crippen molar-refractivity contribution in [3.63, 3.8) is 0 Å². The van der Waals surface area contributed by atoms with Crippen molar-refractivity contribution in [1.29, 1.82) is 0 Å². The van der Waals surface area contributed by atoms with Gasteiger partial charge in [-0.1, -0.05) is 11.2 Å². The van der Waals surface area contributed by atoms with E-state index in [4.69, 9.17) is 9.26 Å². The number of benzene rings is 2. The fourth-order valence-electron chi connectivity index (χ4n) is 2.15. The second-order valence-corrected chi connectivity index (χ2v) is 4.85. The smallest absolute Gasteiger partial charge is 0.261 e. The summed E-state index contributed by atoms with van der Waals surface area (Å²) in [6, 6.07) is 10.1. The predicted molar refractivity (Wildman–Crippen MR) is 82.8 cm³/mol. The minimum Gasteiger partial charge on any atom is -0.497 e. The summed E-state index contributed by atoms with van der Waals surface area (Å²) in [6.07, 6.45) is 1.19. The van der Waals surface area contributed by atoms with E-state index in [1.807, 2.05) is 0 Å². The zero-order chi connectivity index (χ0) is 17.1. The number of hydrogen-bond donors (Lipinski definition) is 1. The van der Waals surface area contributed by atoms with Crippen LogP contribution < -0.4 is 10.1 Å². The topological polar surface area (TPSA) is 64.4 Å². The number of aromatic nitrogens is 1. The average Bonchev–Trinajstić information content (AvgIpc) is 3.08. The highest BCUT2D eigenvalue weighted by Crippen LogP contribution is 2.27. The number of carbonyl (C=O) groups is 1. The highest BCUT2D eigenvalue weighted by atomic mass is 19.1. The van der Waals surface area contributed by atoms with Gasteiger partial charge >= 0.3 is 0 Å². The molecular weight excluding hydrogens is 318 g/mol. The Labute approximate surface area is 135 Å². The van der Waals surface area contributed by atoms with Gasteiger partial charge in [0.15, 0.2) is 5.76 Å². The molecule has 24 heavy (non-hydrogen) atoms. The number of carbonyl (C=O) groups excluding carboxylic acids is 1. The van der Waals surface area contributed by atoms with Crippen molar-refractivity contribution in [2.45, 2.75) is 0 Å². The van der Waals surface area contributed by atoms with E-state index >= 15 is 0 Å². The molecule has 0 unspecified atom stereocenters. The number of rotatable bonds is 4. The summed E-state index contributed by atoms with van der Waals surface area (Å²) < 4.78 is 37.5. The second kappa shape index (κ2) is 6.49. The first-order valence-corrected chi connectivity index (χ1v) is 6.94. The normalized spacial score (nSPS) is 10.5. The monoisotopic (exact) mass is 330 g/mol. The summed E-state index contributed by atoms with van der Waals surface area (Å²) >= 11 is 0. The molecule has 1 aromatic heterocycles. The molecule has 0 saturated carbocycles. The highest BCUT2D eigenvalue weighted by Gasteiger charge is 2.20. The molecule has 0 aliphatic carbocycles. The van der Waals surface area contributed by atoms with Gasteiger partial charge in [0.1, 0.15) is 28.6 Å². The van der Waals surface area contributed by atoms with Crippen LogP contribution in [0.5, 0.6) is 5.75 Å². The number of ether oxygens (including phenoxy) is 1. The number of nitrogens with one attached hydrogen (secondary N) is 1. The third-order valence-corrected chi connectivity index (χ3v) is 3.37. The number of anilines is 1. The standard InChI is InChI=1S/C17H12F2N2O3/c1-23-11-7-5-10(6-8-11)16-12(9-20-24-16)17(22)21-15-13(18)3-2-4-14(15)19/h2-9H,1H3,(H,21,22). The van der Waals surface area contributed by atoms with Crippen LogP contribution in [-0.2, 0) is 0 Å². The van der Waals surface area contributed by atoms with Crippen molar-refractivity contribution in [3.8, 4) is 17.1 Å². The van der Waals surface area contributed by atoms with Crippen LogP contribution in [0.15, 0.2) is 53.2 Å². The molecule has 0 aliphatic heterocycles. The van der Waals surface area contributed by atoms with Gasteiger partial charge in [0.05, 0.1) is 13.3 Å². The van der Waals surface area contributed by atoms with E-state index in [1.54, 1.807) is 24.3 Å². The van der Waals surface area contributed by atoms with E-state index < -0.39 is 23.2 Å². The molecule has 122 valence electrons. The molecule has 0 spiro atoms. The van der Waals surface area contributed by atoms with Gasteiger partial charge in [-0.05, 0) is 36.4 Å². The Morgan fingerprint density at radius 2 is 1.79 bits per heavy atom. The Morgan fingerprint density at radius 1 is 1.12 bits per heavy atom. The molecule has 1 N–H and O–H groups in total. The molecule has 1 heterocycles. The fraction of sp³-hybridized carbons (Fsp3) is 0.0588. The predicted octanol–water partition coefficient (Wildman–Crippen LogP) is 3.88. The summed E-state index contributed by atoms with van der Waals surface area (Å²) in [4.78, 5) is 12.3. The van der Waals surface area contributed by atoms with Crippen LogP contribution in [0, 0.1) is 11.6 Å². The third-order valence-electron chi connectivity index (χ3n) is 3.37. The Morgan fingerprint density at radius 3 is 2.42 bits per heavy atom. The van der Waals surface area contributed by atoms with Gasteiger partial charge in [0.25, 0.3) is 5.91 Å². The van der Waals surface area contributed by atoms with Crippen molar-refractivity contribution in [3.05, 3.63) is 65.9 Å². The molecule has 0 bridgehead atoms. The lowest BCUT2D eigenvalue weighted by Crippen LogP contribution is -2.14. The summed E-state index contributed by atoms with van der Waals surface area (Å²) in [5, 5.41) is 5.79. The Bertz CT molecular complexity index is 856. The van der Waals surface area contributed by atoms with Crippen LogP contribution in [0.4, 0.5) is 14.5 Å². The molecule has 3 aromatic rings. The van der Waals surface area contributed by atoms with Gasteiger partial charge in [-0.3, -0.25) is 4.79 Å². The SMILES string of the molecule is COc1ccc(-c2oncc2C(=O)Nc2c(F)cccc2F)cc1. The lowest BCUT2D eigenvalue weighted by molar-refractivity contribution is 0.102. The van der Waals surface area contributed by atoms with Gasteiger partial charge in [0, 0.05) is 5.56 Å². The van der Waals surface area contributed by atoms with E-state index in [-0.39, 0.29) is 11.3 Å². The number of amides is 1. The number of methoxy groups -OCH3 is 1. The van der Waals surface area contributed by atoms with Crippen molar-refractivity contribution in [2.24, 2.45) is 0 Å². The van der Waals surface area contributed by atoms with Crippen LogP contribution >= 0.6 is 0 Å². The molecule has 2 aromatic carbocycles. The lowest BCUT2D eigenvalue weighted by Gasteiger charge is -2.07. The Balaban J connectivity index is 1.90. The van der Waals surface area contributed by atoms with E-state index in [2.05, 4.69) is 10.5 Å². The van der Waals surface area contributed by atoms with Crippen LogP contribution in [0.25, 0.3) is 11.3 Å². The summed E-state index contributed by atoms with van der Waals surface area (Å²) in [7, 11) is 1.53. The summed E-state index contributed by atoms with van der Waals surface area (Å²) in [6.45, 7) is 0. The molecule has 0 atom stereocenters. The van der Waals surface area contributed by atoms with Crippen LogP contribution in [0.1, 0.15) is 10.4 Å². The van der Waals surface area contributed by atoms with E-state index in [9.17, 15) is 13.6 Å². The van der Waals surface area contributed by atoms with E-state index in [0.717, 1.165) is 12.1 Å². The molecule has 3 rings (SSSR count). The summed E-state index contributed by atoms with van der Waals surface area (Å²) in [5.41, 5.74) is 0.111. The molecule has 7 heteroatoms. The first-order valence-electron chi connectivity index (χ1n) is 6.94. The van der Waals surface area contributed by atoms with Crippen molar-refractivity contribution in [2.75, 3.05) is 12.4 Å². The fourth-order valence-corrected chi connectivity index (χ4v) is 2.15. The second-order valence-electron chi connectivity index (χ2n) is 4.85. The third kappa shape index (κ3) is 2.96. The Kier molecular flexibility index (Phi) is 4.24. The zero-order valence-corrected chi connectivity index (χ0v) is 12.5. The van der Waals surface area contributed by atoms with E-state index in [1.165, 1.54) is 19.4 Å². The number of hydrogen-bond acceptors (Lipinski definition) is 4. The molecule has 0 fully saturated rings. The zero-order valence-electron chi connectivity index (χ0n) is 12.5. The minimum atomic E-state index is -0.870.